The molecule has 0 aliphatic carbocycles. The summed E-state index contributed by atoms with van der Waals surface area (Å²) >= 11 is 1.73. The molecule has 0 radical (unpaired) electrons. The van der Waals surface area contributed by atoms with Gasteiger partial charge in [0.25, 0.3) is 5.91 Å². The highest BCUT2D eigenvalue weighted by molar-refractivity contribution is 7.99. The fourth-order valence-corrected chi connectivity index (χ4v) is 5.25. The summed E-state index contributed by atoms with van der Waals surface area (Å²) in [5.74, 6) is 1.26. The van der Waals surface area contributed by atoms with Crippen molar-refractivity contribution in [3.63, 3.8) is 0 Å². The zero-order valence-electron chi connectivity index (χ0n) is 16.5. The van der Waals surface area contributed by atoms with E-state index < -0.39 is 0 Å². The highest BCUT2D eigenvalue weighted by Crippen LogP contribution is 2.41. The molecule has 1 amide bonds. The van der Waals surface area contributed by atoms with Gasteiger partial charge < -0.3 is 4.90 Å². The van der Waals surface area contributed by atoms with E-state index in [9.17, 15) is 4.79 Å². The van der Waals surface area contributed by atoms with Gasteiger partial charge in [0.15, 0.2) is 0 Å². The average molecular weight is 379 g/mol. The number of likely N-dealkylation sites (tertiary alicyclic amines) is 1. The van der Waals surface area contributed by atoms with E-state index in [1.807, 2.05) is 17.0 Å². The number of rotatable bonds is 1. The number of aliphatic imine (C=N–C) groups is 1. The first-order valence-electron chi connectivity index (χ1n) is 9.68. The van der Waals surface area contributed by atoms with Crippen molar-refractivity contribution >= 4 is 29.1 Å². The summed E-state index contributed by atoms with van der Waals surface area (Å²) in [7, 11) is 0. The molecule has 0 aromatic heterocycles. The minimum atomic E-state index is 0.131. The summed E-state index contributed by atoms with van der Waals surface area (Å²) in [4.78, 5) is 22.3. The fraction of sp³-hybridized carbons (Fsp3) is 0.391. The Morgan fingerprint density at radius 3 is 2.48 bits per heavy atom. The summed E-state index contributed by atoms with van der Waals surface area (Å²) in [5, 5.41) is 0. The number of piperidine rings is 1. The molecule has 2 aromatic carbocycles. The number of benzene rings is 2. The second-order valence-corrected chi connectivity index (χ2v) is 9.22. The Balaban J connectivity index is 1.67. The van der Waals surface area contributed by atoms with E-state index in [4.69, 9.17) is 4.99 Å². The van der Waals surface area contributed by atoms with Gasteiger partial charge in [-0.25, -0.2) is 0 Å². The van der Waals surface area contributed by atoms with E-state index in [1.165, 1.54) is 22.4 Å². The van der Waals surface area contributed by atoms with Crippen LogP contribution >= 0.6 is 11.8 Å². The highest BCUT2D eigenvalue weighted by Gasteiger charge is 2.27. The Bertz CT molecular complexity index is 924. The van der Waals surface area contributed by atoms with Gasteiger partial charge in [-0.3, -0.25) is 9.79 Å². The van der Waals surface area contributed by atoms with Crippen molar-refractivity contribution in [2.75, 3.05) is 13.1 Å². The summed E-state index contributed by atoms with van der Waals surface area (Å²) < 4.78 is 0. The molecule has 0 bridgehead atoms. The van der Waals surface area contributed by atoms with Crippen molar-refractivity contribution in [3.05, 3.63) is 53.1 Å². The second-order valence-electron chi connectivity index (χ2n) is 8.14. The Hall–Kier alpha value is -2.07. The number of aryl methyl sites for hydroxylation is 1. The number of nitrogens with zero attached hydrogens (tertiary/aromatic N) is 2. The van der Waals surface area contributed by atoms with Crippen LogP contribution in [-0.4, -0.2) is 29.6 Å². The lowest BCUT2D eigenvalue weighted by Crippen LogP contribution is -2.42. The van der Waals surface area contributed by atoms with Crippen molar-refractivity contribution in [2.45, 2.75) is 43.9 Å². The Morgan fingerprint density at radius 1 is 1.04 bits per heavy atom. The lowest BCUT2D eigenvalue weighted by atomic mass is 9.91. The predicted molar refractivity (Wildman–Crippen MR) is 112 cm³/mol. The molecule has 1 fully saturated rings. The molecule has 0 saturated carbocycles. The Kier molecular flexibility index (Phi) is 4.85. The summed E-state index contributed by atoms with van der Waals surface area (Å²) in [6, 6.07) is 12.5. The van der Waals surface area contributed by atoms with E-state index in [-0.39, 0.29) is 5.91 Å². The molecule has 0 spiro atoms. The van der Waals surface area contributed by atoms with Gasteiger partial charge >= 0.3 is 0 Å². The van der Waals surface area contributed by atoms with Gasteiger partial charge in [0, 0.05) is 39.7 Å². The van der Waals surface area contributed by atoms with Gasteiger partial charge in [-0.05, 0) is 62.4 Å². The lowest BCUT2D eigenvalue weighted by Gasteiger charge is -2.35. The number of carbonyl (C=O) groups is 1. The maximum atomic E-state index is 13.1. The van der Waals surface area contributed by atoms with Crippen LogP contribution in [0.25, 0.3) is 0 Å². The minimum Gasteiger partial charge on any atom is -0.338 e. The molecule has 4 rings (SSSR count). The Labute approximate surface area is 165 Å². The molecule has 0 N–H and O–H groups in total. The first-order valence-corrected chi connectivity index (χ1v) is 10.5. The predicted octanol–water partition coefficient (Wildman–Crippen LogP) is 5.72. The van der Waals surface area contributed by atoms with E-state index in [2.05, 4.69) is 52.0 Å². The molecule has 4 heteroatoms. The van der Waals surface area contributed by atoms with Crippen LogP contribution in [0.5, 0.6) is 0 Å². The SMILES string of the molecule is CC1=Nc2cc(C(=O)N3CC(C)CC(C)C3)ccc2Sc2ccc(C)cc21. The van der Waals surface area contributed by atoms with Gasteiger partial charge in [-0.15, -0.1) is 0 Å². The molecule has 2 atom stereocenters. The molecular weight excluding hydrogens is 352 g/mol. The van der Waals surface area contributed by atoms with Crippen LogP contribution in [0, 0.1) is 18.8 Å². The normalized spacial score (nSPS) is 21.8. The quantitative estimate of drug-likeness (QED) is 0.636. The Morgan fingerprint density at radius 2 is 1.74 bits per heavy atom. The molecule has 2 heterocycles. The third-order valence-electron chi connectivity index (χ3n) is 5.39. The molecule has 2 aromatic rings. The summed E-state index contributed by atoms with van der Waals surface area (Å²) in [6.07, 6.45) is 1.20. The van der Waals surface area contributed by atoms with E-state index in [0.717, 1.165) is 34.9 Å². The fourth-order valence-electron chi connectivity index (χ4n) is 4.21. The second kappa shape index (κ2) is 7.16. The minimum absolute atomic E-state index is 0.131. The van der Waals surface area contributed by atoms with Crippen molar-refractivity contribution < 1.29 is 4.79 Å². The molecule has 140 valence electrons. The largest absolute Gasteiger partial charge is 0.338 e. The molecule has 2 aliphatic heterocycles. The molecule has 27 heavy (non-hydrogen) atoms. The maximum absolute atomic E-state index is 13.1. The topological polar surface area (TPSA) is 32.7 Å². The van der Waals surface area contributed by atoms with Crippen LogP contribution in [-0.2, 0) is 0 Å². The number of amides is 1. The average Bonchev–Trinajstić information content (AvgIpc) is 2.75. The van der Waals surface area contributed by atoms with Gasteiger partial charge in [0.2, 0.25) is 0 Å². The third-order valence-corrected chi connectivity index (χ3v) is 6.54. The van der Waals surface area contributed by atoms with Crippen molar-refractivity contribution in [1.29, 1.82) is 0 Å². The molecular formula is C23H26N2OS. The van der Waals surface area contributed by atoms with Crippen molar-refractivity contribution in [3.8, 4) is 0 Å². The first kappa shape index (κ1) is 18.3. The maximum Gasteiger partial charge on any atom is 0.253 e. The van der Waals surface area contributed by atoms with Crippen LogP contribution < -0.4 is 0 Å². The lowest BCUT2D eigenvalue weighted by molar-refractivity contribution is 0.0623. The van der Waals surface area contributed by atoms with Gasteiger partial charge in [0.05, 0.1) is 5.69 Å². The van der Waals surface area contributed by atoms with Crippen LogP contribution in [0.15, 0.2) is 51.2 Å². The number of hydrogen-bond donors (Lipinski definition) is 0. The summed E-state index contributed by atoms with van der Waals surface area (Å²) in [6.45, 7) is 10.3. The summed E-state index contributed by atoms with van der Waals surface area (Å²) in [5.41, 5.74) is 5.07. The molecule has 3 nitrogen and oxygen atoms in total. The molecule has 1 saturated heterocycles. The number of hydrogen-bond acceptors (Lipinski definition) is 3. The van der Waals surface area contributed by atoms with E-state index in [0.29, 0.717) is 11.8 Å². The van der Waals surface area contributed by atoms with Crippen molar-refractivity contribution in [2.24, 2.45) is 16.8 Å². The van der Waals surface area contributed by atoms with Crippen LogP contribution in [0.2, 0.25) is 0 Å². The smallest absolute Gasteiger partial charge is 0.253 e. The highest BCUT2D eigenvalue weighted by atomic mass is 32.2. The molecule has 2 aliphatic rings. The monoisotopic (exact) mass is 378 g/mol. The van der Waals surface area contributed by atoms with E-state index >= 15 is 0 Å². The van der Waals surface area contributed by atoms with Gasteiger partial charge in [-0.1, -0.05) is 37.2 Å². The van der Waals surface area contributed by atoms with Gasteiger partial charge in [0.1, 0.15) is 0 Å². The molecule has 2 unspecified atom stereocenters. The standard InChI is InChI=1S/C23H26N2OS/c1-14-5-7-21-19(10-14)17(4)24-20-11-18(6-8-22(20)27-21)23(26)25-12-15(2)9-16(3)13-25/h5-8,10-11,15-16H,9,12-13H2,1-4H3. The first-order chi connectivity index (χ1) is 12.9. The zero-order valence-corrected chi connectivity index (χ0v) is 17.3. The number of carbonyl (C=O) groups excluding carboxylic acids is 1. The zero-order chi connectivity index (χ0) is 19.1. The van der Waals surface area contributed by atoms with Gasteiger partial charge in [-0.2, -0.15) is 0 Å². The van der Waals surface area contributed by atoms with E-state index in [1.54, 1.807) is 11.8 Å². The van der Waals surface area contributed by atoms with Crippen LogP contribution in [0.4, 0.5) is 5.69 Å². The third kappa shape index (κ3) is 3.68. The van der Waals surface area contributed by atoms with Crippen LogP contribution in [0.3, 0.4) is 0 Å². The van der Waals surface area contributed by atoms with Crippen molar-refractivity contribution in [1.82, 2.24) is 4.90 Å². The number of fused-ring (bicyclic) bond motifs is 2. The van der Waals surface area contributed by atoms with Crippen LogP contribution in [0.1, 0.15) is 48.7 Å².